The second-order valence-electron chi connectivity index (χ2n) is 7.14. The van der Waals surface area contributed by atoms with Gasteiger partial charge in [0.15, 0.2) is 5.96 Å². The van der Waals surface area contributed by atoms with Crippen LogP contribution in [-0.4, -0.2) is 52.8 Å². The highest BCUT2D eigenvalue weighted by Crippen LogP contribution is 2.28. The Hall–Kier alpha value is -2.74. The number of hydrogen-bond acceptors (Lipinski definition) is 4. The van der Waals surface area contributed by atoms with Crippen LogP contribution in [0.1, 0.15) is 23.5 Å². The Morgan fingerprint density at radius 2 is 1.93 bits per heavy atom. The van der Waals surface area contributed by atoms with Gasteiger partial charge in [-0.3, -0.25) is 9.71 Å². The molecular weight excluding hydrogens is 388 g/mol. The first kappa shape index (κ1) is 21.0. The quantitative estimate of drug-likeness (QED) is 0.559. The van der Waals surface area contributed by atoms with Gasteiger partial charge in [-0.1, -0.05) is 30.3 Å². The fourth-order valence-electron chi connectivity index (χ4n) is 3.58. The van der Waals surface area contributed by atoms with Crippen LogP contribution in [0.25, 0.3) is 0 Å². The lowest BCUT2D eigenvalue weighted by atomic mass is 9.98. The van der Waals surface area contributed by atoms with Gasteiger partial charge in [0.2, 0.25) is 10.0 Å². The molecule has 0 aliphatic carbocycles. The molecule has 156 valence electrons. The predicted octanol–water partition coefficient (Wildman–Crippen LogP) is 2.63. The molecule has 0 amide bonds. The maximum absolute atomic E-state index is 11.6. The SMILES string of the molecule is CN=C(NCc1ccccc1NS(C)(=O)=O)N1CCC(c2ccc(OC)cc2)C1. The number of aliphatic imine (C=N–C) groups is 1. The van der Waals surface area contributed by atoms with E-state index in [9.17, 15) is 8.42 Å². The van der Waals surface area contributed by atoms with Crippen molar-refractivity contribution in [2.24, 2.45) is 4.99 Å². The smallest absolute Gasteiger partial charge is 0.229 e. The number of likely N-dealkylation sites (tertiary alicyclic amines) is 1. The van der Waals surface area contributed by atoms with Crippen molar-refractivity contribution in [2.75, 3.05) is 38.2 Å². The number of para-hydroxylation sites is 1. The molecule has 3 rings (SSSR count). The minimum atomic E-state index is -3.33. The number of nitrogens with zero attached hydrogens (tertiary/aromatic N) is 2. The molecular formula is C21H28N4O3S. The Balaban J connectivity index is 1.63. The summed E-state index contributed by atoms with van der Waals surface area (Å²) in [7, 11) is 0.110. The fraction of sp³-hybridized carbons (Fsp3) is 0.381. The summed E-state index contributed by atoms with van der Waals surface area (Å²) in [6.07, 6.45) is 2.21. The summed E-state index contributed by atoms with van der Waals surface area (Å²) >= 11 is 0. The van der Waals surface area contributed by atoms with E-state index in [1.807, 2.05) is 30.3 Å². The lowest BCUT2D eigenvalue weighted by molar-refractivity contribution is 0.414. The van der Waals surface area contributed by atoms with E-state index >= 15 is 0 Å². The third-order valence-corrected chi connectivity index (χ3v) is 5.63. The molecule has 1 unspecified atom stereocenters. The zero-order valence-corrected chi connectivity index (χ0v) is 17.9. The molecule has 0 saturated carbocycles. The summed E-state index contributed by atoms with van der Waals surface area (Å²) in [4.78, 5) is 6.66. The van der Waals surface area contributed by atoms with E-state index in [0.717, 1.165) is 43.0 Å². The van der Waals surface area contributed by atoms with Crippen LogP contribution in [0, 0.1) is 0 Å². The van der Waals surface area contributed by atoms with Gasteiger partial charge in [0, 0.05) is 32.6 Å². The molecule has 8 heteroatoms. The molecule has 0 bridgehead atoms. The van der Waals surface area contributed by atoms with Crippen molar-refractivity contribution >= 4 is 21.7 Å². The van der Waals surface area contributed by atoms with Crippen LogP contribution >= 0.6 is 0 Å². The van der Waals surface area contributed by atoms with Gasteiger partial charge in [-0.25, -0.2) is 8.42 Å². The van der Waals surface area contributed by atoms with Crippen molar-refractivity contribution in [1.82, 2.24) is 10.2 Å². The Morgan fingerprint density at radius 1 is 1.21 bits per heavy atom. The number of sulfonamides is 1. The van der Waals surface area contributed by atoms with E-state index in [2.05, 4.69) is 32.1 Å². The van der Waals surface area contributed by atoms with E-state index in [1.54, 1.807) is 20.2 Å². The van der Waals surface area contributed by atoms with Crippen LogP contribution in [0.5, 0.6) is 5.75 Å². The van der Waals surface area contributed by atoms with Gasteiger partial charge in [-0.15, -0.1) is 0 Å². The zero-order chi connectivity index (χ0) is 20.9. The van der Waals surface area contributed by atoms with E-state index in [1.165, 1.54) is 5.56 Å². The van der Waals surface area contributed by atoms with Gasteiger partial charge in [0.1, 0.15) is 5.75 Å². The molecule has 7 nitrogen and oxygen atoms in total. The van der Waals surface area contributed by atoms with Gasteiger partial charge in [0.25, 0.3) is 0 Å². The second-order valence-corrected chi connectivity index (χ2v) is 8.89. The third-order valence-electron chi connectivity index (χ3n) is 5.04. The summed E-state index contributed by atoms with van der Waals surface area (Å²) in [6, 6.07) is 15.6. The molecule has 2 aromatic carbocycles. The Morgan fingerprint density at radius 3 is 2.59 bits per heavy atom. The number of benzene rings is 2. The molecule has 1 aliphatic heterocycles. The van der Waals surface area contributed by atoms with E-state index < -0.39 is 10.0 Å². The van der Waals surface area contributed by atoms with Crippen LogP contribution in [0.3, 0.4) is 0 Å². The monoisotopic (exact) mass is 416 g/mol. The first-order valence-electron chi connectivity index (χ1n) is 9.55. The molecule has 2 aromatic rings. The molecule has 0 radical (unpaired) electrons. The molecule has 1 atom stereocenters. The average Bonchev–Trinajstić information content (AvgIpc) is 3.18. The number of anilines is 1. The van der Waals surface area contributed by atoms with Crippen LogP contribution in [-0.2, 0) is 16.6 Å². The summed E-state index contributed by atoms with van der Waals surface area (Å²) < 4.78 is 31.0. The van der Waals surface area contributed by atoms with Crippen LogP contribution < -0.4 is 14.8 Å². The number of rotatable bonds is 6. The minimum absolute atomic E-state index is 0.443. The summed E-state index contributed by atoms with van der Waals surface area (Å²) in [6.45, 7) is 2.28. The first-order chi connectivity index (χ1) is 13.9. The van der Waals surface area contributed by atoms with Crippen LogP contribution in [0.2, 0.25) is 0 Å². The number of nitrogens with one attached hydrogen (secondary N) is 2. The molecule has 0 spiro atoms. The van der Waals surface area contributed by atoms with E-state index in [0.29, 0.717) is 18.2 Å². The number of guanidine groups is 1. The zero-order valence-electron chi connectivity index (χ0n) is 17.1. The first-order valence-corrected chi connectivity index (χ1v) is 11.4. The normalized spacial score (nSPS) is 17.3. The summed E-state index contributed by atoms with van der Waals surface area (Å²) in [5.41, 5.74) is 2.74. The molecule has 2 N–H and O–H groups in total. The topological polar surface area (TPSA) is 83.0 Å². The Kier molecular flexibility index (Phi) is 6.64. The van der Waals surface area contributed by atoms with Crippen LogP contribution in [0.4, 0.5) is 5.69 Å². The van der Waals surface area contributed by atoms with E-state index in [4.69, 9.17) is 4.74 Å². The lowest BCUT2D eigenvalue weighted by Gasteiger charge is -2.22. The molecule has 1 saturated heterocycles. The lowest BCUT2D eigenvalue weighted by Crippen LogP contribution is -2.39. The maximum Gasteiger partial charge on any atom is 0.229 e. The second kappa shape index (κ2) is 9.17. The van der Waals surface area contributed by atoms with Gasteiger partial charge >= 0.3 is 0 Å². The van der Waals surface area contributed by atoms with Gasteiger partial charge in [0.05, 0.1) is 19.1 Å². The average molecular weight is 417 g/mol. The molecule has 29 heavy (non-hydrogen) atoms. The highest BCUT2D eigenvalue weighted by atomic mass is 32.2. The molecule has 0 aromatic heterocycles. The summed E-state index contributed by atoms with van der Waals surface area (Å²) in [5.74, 6) is 2.12. The van der Waals surface area contributed by atoms with Crippen LogP contribution in [0.15, 0.2) is 53.5 Å². The van der Waals surface area contributed by atoms with Gasteiger partial charge in [-0.05, 0) is 35.7 Å². The third kappa shape index (κ3) is 5.63. The highest BCUT2D eigenvalue weighted by Gasteiger charge is 2.26. The molecule has 1 fully saturated rings. The number of ether oxygens (including phenoxy) is 1. The maximum atomic E-state index is 11.6. The predicted molar refractivity (Wildman–Crippen MR) is 117 cm³/mol. The molecule has 1 aliphatic rings. The fourth-order valence-corrected chi connectivity index (χ4v) is 4.18. The highest BCUT2D eigenvalue weighted by molar-refractivity contribution is 7.92. The Bertz CT molecular complexity index is 958. The van der Waals surface area contributed by atoms with Gasteiger partial charge in [-0.2, -0.15) is 0 Å². The van der Waals surface area contributed by atoms with E-state index in [-0.39, 0.29) is 0 Å². The minimum Gasteiger partial charge on any atom is -0.497 e. The van der Waals surface area contributed by atoms with Crippen molar-refractivity contribution in [3.05, 3.63) is 59.7 Å². The van der Waals surface area contributed by atoms with Crippen molar-refractivity contribution < 1.29 is 13.2 Å². The van der Waals surface area contributed by atoms with Crippen molar-refractivity contribution in [3.63, 3.8) is 0 Å². The summed E-state index contributed by atoms with van der Waals surface area (Å²) in [5, 5.41) is 3.37. The Labute approximate surface area is 172 Å². The largest absolute Gasteiger partial charge is 0.497 e. The van der Waals surface area contributed by atoms with Crippen molar-refractivity contribution in [3.8, 4) is 5.75 Å². The van der Waals surface area contributed by atoms with Crippen molar-refractivity contribution in [1.29, 1.82) is 0 Å². The van der Waals surface area contributed by atoms with Crippen molar-refractivity contribution in [2.45, 2.75) is 18.9 Å². The number of hydrogen-bond donors (Lipinski definition) is 2. The molecule has 1 heterocycles. The van der Waals surface area contributed by atoms with Gasteiger partial charge < -0.3 is 15.0 Å². The standard InChI is InChI=1S/C21H28N4O3S/c1-22-21(23-14-17-6-4-5-7-20(17)24-29(3,26)27)25-13-12-18(15-25)16-8-10-19(28-2)11-9-16/h4-11,18,24H,12-15H2,1-3H3,(H,22,23). The number of methoxy groups -OCH3 is 1.